The third kappa shape index (κ3) is 4.24. The summed E-state index contributed by atoms with van der Waals surface area (Å²) in [5.74, 6) is 1.17. The second-order valence-electron chi connectivity index (χ2n) is 8.81. The maximum absolute atomic E-state index is 6.53. The number of ether oxygens (including phenoxy) is 1. The lowest BCUT2D eigenvalue weighted by molar-refractivity contribution is 0.0398. The third-order valence-electron chi connectivity index (χ3n) is 5.31. The van der Waals surface area contributed by atoms with Crippen LogP contribution in [0.5, 0.6) is 0 Å². The standard InChI is InChI=1S/C22H31N7O/c1-15-6-5-7-16(14-15)18-17-19(23)29(22(2,3)4)27-20(17)26-21(25-18)24-8-9-28-10-12-30-13-11-28/h5-7,14H,8-13,23H2,1-4H3,(H,24,26,27). The molecule has 30 heavy (non-hydrogen) atoms. The molecule has 1 saturated heterocycles. The summed E-state index contributed by atoms with van der Waals surface area (Å²) in [6.07, 6.45) is 0. The van der Waals surface area contributed by atoms with Gasteiger partial charge in [0.2, 0.25) is 5.95 Å². The smallest absolute Gasteiger partial charge is 0.225 e. The quantitative estimate of drug-likeness (QED) is 0.669. The Kier molecular flexibility index (Phi) is 5.62. The zero-order chi connectivity index (χ0) is 21.3. The van der Waals surface area contributed by atoms with Crippen molar-refractivity contribution in [2.75, 3.05) is 50.4 Å². The Hall–Kier alpha value is -2.71. The summed E-state index contributed by atoms with van der Waals surface area (Å²) < 4.78 is 7.26. The van der Waals surface area contributed by atoms with E-state index in [1.165, 1.54) is 5.56 Å². The fourth-order valence-corrected chi connectivity index (χ4v) is 3.75. The fourth-order valence-electron chi connectivity index (χ4n) is 3.75. The number of nitrogen functional groups attached to an aromatic ring is 1. The molecule has 4 rings (SSSR count). The maximum Gasteiger partial charge on any atom is 0.225 e. The van der Waals surface area contributed by atoms with Gasteiger partial charge in [0.1, 0.15) is 5.82 Å². The van der Waals surface area contributed by atoms with Gasteiger partial charge in [-0.2, -0.15) is 4.98 Å². The highest BCUT2D eigenvalue weighted by molar-refractivity contribution is 5.99. The molecular weight excluding hydrogens is 378 g/mol. The lowest BCUT2D eigenvalue weighted by Gasteiger charge is -2.26. The van der Waals surface area contributed by atoms with Crippen LogP contribution in [0.3, 0.4) is 0 Å². The van der Waals surface area contributed by atoms with Gasteiger partial charge in [-0.15, -0.1) is 5.10 Å². The molecule has 8 nitrogen and oxygen atoms in total. The highest BCUT2D eigenvalue weighted by atomic mass is 16.5. The molecule has 0 atom stereocenters. The molecule has 1 aromatic carbocycles. The number of nitrogens with one attached hydrogen (secondary N) is 1. The molecule has 0 saturated carbocycles. The van der Waals surface area contributed by atoms with Crippen molar-refractivity contribution < 1.29 is 4.74 Å². The van der Waals surface area contributed by atoms with Crippen LogP contribution in [0.4, 0.5) is 11.8 Å². The summed E-state index contributed by atoms with van der Waals surface area (Å²) in [7, 11) is 0. The minimum atomic E-state index is -0.251. The Morgan fingerprint density at radius 2 is 1.93 bits per heavy atom. The Balaban J connectivity index is 1.71. The molecule has 3 aromatic rings. The van der Waals surface area contributed by atoms with Crippen LogP contribution in [-0.4, -0.2) is 64.0 Å². The fraction of sp³-hybridized carbons (Fsp3) is 0.500. The van der Waals surface area contributed by atoms with Gasteiger partial charge in [0, 0.05) is 31.7 Å². The van der Waals surface area contributed by atoms with E-state index in [2.05, 4.69) is 61.1 Å². The SMILES string of the molecule is Cc1cccc(-c2nc(NCCN3CCOCC3)nc3nn(C(C)(C)C)c(N)c23)c1. The van der Waals surface area contributed by atoms with Crippen LogP contribution in [0.1, 0.15) is 26.3 Å². The Labute approximate surface area is 177 Å². The van der Waals surface area contributed by atoms with Crippen LogP contribution in [-0.2, 0) is 10.3 Å². The highest BCUT2D eigenvalue weighted by Crippen LogP contribution is 2.34. The Morgan fingerprint density at radius 3 is 2.63 bits per heavy atom. The molecule has 0 spiro atoms. The first kappa shape index (κ1) is 20.6. The molecule has 2 aromatic heterocycles. The summed E-state index contributed by atoms with van der Waals surface area (Å²) in [5.41, 5.74) is 9.89. The van der Waals surface area contributed by atoms with Crippen LogP contribution >= 0.6 is 0 Å². The van der Waals surface area contributed by atoms with E-state index in [9.17, 15) is 0 Å². The molecule has 3 heterocycles. The molecule has 1 fully saturated rings. The summed E-state index contributed by atoms with van der Waals surface area (Å²) in [6, 6.07) is 8.28. The minimum absolute atomic E-state index is 0.251. The van der Waals surface area contributed by atoms with E-state index < -0.39 is 0 Å². The number of nitrogens with two attached hydrogens (primary N) is 1. The van der Waals surface area contributed by atoms with E-state index in [0.717, 1.165) is 56.0 Å². The van der Waals surface area contributed by atoms with Crippen molar-refractivity contribution in [2.45, 2.75) is 33.2 Å². The van der Waals surface area contributed by atoms with Crippen molar-refractivity contribution in [2.24, 2.45) is 0 Å². The van der Waals surface area contributed by atoms with E-state index in [0.29, 0.717) is 17.4 Å². The molecule has 3 N–H and O–H groups in total. The van der Waals surface area contributed by atoms with Gasteiger partial charge < -0.3 is 15.8 Å². The van der Waals surface area contributed by atoms with E-state index in [1.54, 1.807) is 0 Å². The second-order valence-corrected chi connectivity index (χ2v) is 8.81. The first-order valence-corrected chi connectivity index (χ1v) is 10.5. The monoisotopic (exact) mass is 409 g/mol. The van der Waals surface area contributed by atoms with Gasteiger partial charge in [0.15, 0.2) is 5.65 Å². The van der Waals surface area contributed by atoms with Gasteiger partial charge in [-0.25, -0.2) is 9.67 Å². The number of nitrogens with zero attached hydrogens (tertiary/aromatic N) is 5. The first-order chi connectivity index (χ1) is 14.3. The molecule has 0 bridgehead atoms. The number of benzene rings is 1. The zero-order valence-corrected chi connectivity index (χ0v) is 18.3. The average Bonchev–Trinajstić information content (AvgIpc) is 3.05. The number of hydrogen-bond donors (Lipinski definition) is 2. The Morgan fingerprint density at radius 1 is 1.17 bits per heavy atom. The van der Waals surface area contributed by atoms with Gasteiger partial charge in [0.05, 0.1) is 29.8 Å². The highest BCUT2D eigenvalue weighted by Gasteiger charge is 2.24. The number of hydrogen-bond acceptors (Lipinski definition) is 7. The molecule has 8 heteroatoms. The van der Waals surface area contributed by atoms with Crippen LogP contribution < -0.4 is 11.1 Å². The summed E-state index contributed by atoms with van der Waals surface area (Å²) >= 11 is 0. The topological polar surface area (TPSA) is 94.1 Å². The van der Waals surface area contributed by atoms with E-state index in [4.69, 9.17) is 20.6 Å². The van der Waals surface area contributed by atoms with E-state index >= 15 is 0 Å². The lowest BCUT2D eigenvalue weighted by atomic mass is 10.1. The van der Waals surface area contributed by atoms with Crippen LogP contribution in [0.2, 0.25) is 0 Å². The van der Waals surface area contributed by atoms with Crippen LogP contribution in [0.15, 0.2) is 24.3 Å². The molecule has 1 aliphatic heterocycles. The normalized spacial score (nSPS) is 15.6. The number of fused-ring (bicyclic) bond motifs is 1. The van der Waals surface area contributed by atoms with Crippen molar-refractivity contribution >= 4 is 22.8 Å². The largest absolute Gasteiger partial charge is 0.383 e. The van der Waals surface area contributed by atoms with Crippen molar-refractivity contribution in [3.05, 3.63) is 29.8 Å². The predicted octanol–water partition coefficient (Wildman–Crippen LogP) is 2.88. The van der Waals surface area contributed by atoms with Crippen molar-refractivity contribution in [1.29, 1.82) is 0 Å². The molecule has 1 aliphatic rings. The number of morpholine rings is 1. The summed E-state index contributed by atoms with van der Waals surface area (Å²) in [5, 5.41) is 8.91. The lowest BCUT2D eigenvalue weighted by Crippen LogP contribution is -2.39. The molecule has 160 valence electrons. The van der Waals surface area contributed by atoms with Gasteiger partial charge >= 0.3 is 0 Å². The molecule has 0 radical (unpaired) electrons. The average molecular weight is 410 g/mol. The Bertz CT molecular complexity index is 1030. The molecule has 0 aliphatic carbocycles. The molecule has 0 unspecified atom stereocenters. The summed E-state index contributed by atoms with van der Waals surface area (Å²) in [6.45, 7) is 13.5. The van der Waals surface area contributed by atoms with Crippen molar-refractivity contribution in [1.82, 2.24) is 24.6 Å². The third-order valence-corrected chi connectivity index (χ3v) is 5.31. The molecule has 0 amide bonds. The summed E-state index contributed by atoms with van der Waals surface area (Å²) in [4.78, 5) is 11.9. The number of rotatable bonds is 5. The van der Waals surface area contributed by atoms with Gasteiger partial charge in [-0.3, -0.25) is 4.90 Å². The van der Waals surface area contributed by atoms with Crippen molar-refractivity contribution in [3.8, 4) is 11.3 Å². The predicted molar refractivity (Wildman–Crippen MR) is 121 cm³/mol. The zero-order valence-electron chi connectivity index (χ0n) is 18.3. The maximum atomic E-state index is 6.53. The number of anilines is 2. The minimum Gasteiger partial charge on any atom is -0.383 e. The van der Waals surface area contributed by atoms with Crippen LogP contribution in [0.25, 0.3) is 22.3 Å². The number of aromatic nitrogens is 4. The number of aryl methyl sites for hydroxylation is 1. The second kappa shape index (κ2) is 8.20. The van der Waals surface area contributed by atoms with Crippen molar-refractivity contribution in [3.63, 3.8) is 0 Å². The van der Waals surface area contributed by atoms with Crippen LogP contribution in [0, 0.1) is 6.92 Å². The molecular formula is C22H31N7O. The van der Waals surface area contributed by atoms with E-state index in [-0.39, 0.29) is 5.54 Å². The first-order valence-electron chi connectivity index (χ1n) is 10.5. The van der Waals surface area contributed by atoms with Gasteiger partial charge in [-0.1, -0.05) is 23.8 Å². The van der Waals surface area contributed by atoms with Gasteiger partial charge in [0.25, 0.3) is 0 Å². The van der Waals surface area contributed by atoms with E-state index in [1.807, 2.05) is 10.7 Å². The van der Waals surface area contributed by atoms with Gasteiger partial charge in [-0.05, 0) is 33.8 Å².